The summed E-state index contributed by atoms with van der Waals surface area (Å²) in [5, 5.41) is 0. The number of hydrogen-bond acceptors (Lipinski definition) is 2. The highest BCUT2D eigenvalue weighted by Gasteiger charge is 2.26. The Hall–Kier alpha value is -0.870. The van der Waals surface area contributed by atoms with Crippen LogP contribution in [-0.2, 0) is 11.3 Å². The zero-order valence-corrected chi connectivity index (χ0v) is 9.90. The first-order valence-electron chi connectivity index (χ1n) is 4.93. The van der Waals surface area contributed by atoms with Crippen molar-refractivity contribution in [2.45, 2.75) is 19.0 Å². The molecule has 0 radical (unpaired) electrons. The largest absolute Gasteiger partial charge is 0.337 e. The van der Waals surface area contributed by atoms with Gasteiger partial charge in [0, 0.05) is 30.0 Å². The van der Waals surface area contributed by atoms with Crippen LogP contribution in [0.3, 0.4) is 0 Å². The lowest BCUT2D eigenvalue weighted by Gasteiger charge is -2.15. The molecule has 2 rings (SSSR count). The third-order valence-electron chi connectivity index (χ3n) is 2.53. The van der Waals surface area contributed by atoms with Crippen LogP contribution in [0.25, 0.3) is 0 Å². The van der Waals surface area contributed by atoms with Crippen molar-refractivity contribution in [1.82, 2.24) is 4.90 Å². The average Bonchev–Trinajstić information content (AvgIpc) is 2.49. The molecule has 80 valence electrons. The Morgan fingerprint density at radius 2 is 2.07 bits per heavy atom. The quantitative estimate of drug-likeness (QED) is 0.884. The van der Waals surface area contributed by atoms with Crippen molar-refractivity contribution < 1.29 is 4.79 Å². The molecule has 1 aromatic carbocycles. The van der Waals surface area contributed by atoms with E-state index >= 15 is 0 Å². The van der Waals surface area contributed by atoms with Crippen LogP contribution in [0.15, 0.2) is 28.7 Å². The van der Waals surface area contributed by atoms with Crippen molar-refractivity contribution in [1.29, 1.82) is 0 Å². The molecule has 0 saturated carbocycles. The summed E-state index contributed by atoms with van der Waals surface area (Å²) in [6.07, 6.45) is 0.483. The van der Waals surface area contributed by atoms with Crippen molar-refractivity contribution >= 4 is 21.8 Å². The van der Waals surface area contributed by atoms with Gasteiger partial charge in [-0.3, -0.25) is 4.79 Å². The van der Waals surface area contributed by atoms with E-state index in [9.17, 15) is 4.79 Å². The summed E-state index contributed by atoms with van der Waals surface area (Å²) in [5.74, 6) is 0.158. The van der Waals surface area contributed by atoms with Gasteiger partial charge in [0.05, 0.1) is 0 Å². The van der Waals surface area contributed by atoms with E-state index in [1.165, 1.54) is 0 Å². The van der Waals surface area contributed by atoms with Crippen LogP contribution in [0.5, 0.6) is 0 Å². The van der Waals surface area contributed by atoms with E-state index in [0.29, 0.717) is 19.5 Å². The van der Waals surface area contributed by atoms with Gasteiger partial charge in [0.15, 0.2) is 0 Å². The summed E-state index contributed by atoms with van der Waals surface area (Å²) in [5.41, 5.74) is 6.86. The number of nitrogens with two attached hydrogens (primary N) is 1. The molecule has 1 heterocycles. The molecule has 0 aromatic heterocycles. The van der Waals surface area contributed by atoms with Crippen LogP contribution in [0.2, 0.25) is 0 Å². The van der Waals surface area contributed by atoms with Crippen LogP contribution < -0.4 is 5.73 Å². The lowest BCUT2D eigenvalue weighted by molar-refractivity contribution is -0.128. The van der Waals surface area contributed by atoms with E-state index < -0.39 is 0 Å². The average molecular weight is 269 g/mol. The maximum Gasteiger partial charge on any atom is 0.224 e. The molecule has 1 amide bonds. The Morgan fingerprint density at radius 1 is 1.40 bits per heavy atom. The van der Waals surface area contributed by atoms with Gasteiger partial charge in [-0.2, -0.15) is 0 Å². The standard InChI is InChI=1S/C11H13BrN2O/c12-9-3-1-8(2-4-9)6-14-7-10(13)5-11(14)15/h1-4,10H,5-7,13H2. The van der Waals surface area contributed by atoms with E-state index in [0.717, 1.165) is 10.0 Å². The number of hydrogen-bond donors (Lipinski definition) is 1. The van der Waals surface area contributed by atoms with E-state index in [1.807, 2.05) is 29.2 Å². The summed E-state index contributed by atoms with van der Waals surface area (Å²) in [6.45, 7) is 1.34. The Kier molecular flexibility index (Phi) is 3.07. The molecular weight excluding hydrogens is 256 g/mol. The molecule has 3 nitrogen and oxygen atoms in total. The number of carbonyl (C=O) groups is 1. The predicted molar refractivity (Wildman–Crippen MR) is 62.2 cm³/mol. The molecule has 1 aromatic rings. The van der Waals surface area contributed by atoms with Gasteiger partial charge in [0.2, 0.25) is 5.91 Å². The lowest BCUT2D eigenvalue weighted by atomic mass is 10.2. The molecule has 1 aliphatic heterocycles. The summed E-state index contributed by atoms with van der Waals surface area (Å²) in [6, 6.07) is 8.00. The van der Waals surface area contributed by atoms with E-state index in [-0.39, 0.29) is 11.9 Å². The van der Waals surface area contributed by atoms with Gasteiger partial charge in [0.25, 0.3) is 0 Å². The summed E-state index contributed by atoms with van der Waals surface area (Å²) >= 11 is 3.38. The molecule has 0 bridgehead atoms. The lowest BCUT2D eigenvalue weighted by Crippen LogP contribution is -2.27. The summed E-state index contributed by atoms with van der Waals surface area (Å²) in [7, 11) is 0. The molecule has 1 unspecified atom stereocenters. The molecular formula is C11H13BrN2O. The van der Waals surface area contributed by atoms with E-state index in [1.54, 1.807) is 0 Å². The van der Waals surface area contributed by atoms with Gasteiger partial charge in [-0.15, -0.1) is 0 Å². The predicted octanol–water partition coefficient (Wildman–Crippen LogP) is 1.51. The second-order valence-electron chi connectivity index (χ2n) is 3.86. The SMILES string of the molecule is NC1CC(=O)N(Cc2ccc(Br)cc2)C1. The zero-order valence-electron chi connectivity index (χ0n) is 8.32. The fraction of sp³-hybridized carbons (Fsp3) is 0.364. The number of halogens is 1. The first-order chi connectivity index (χ1) is 7.15. The van der Waals surface area contributed by atoms with Crippen molar-refractivity contribution in [2.75, 3.05) is 6.54 Å². The van der Waals surface area contributed by atoms with Crippen LogP contribution in [0.1, 0.15) is 12.0 Å². The zero-order chi connectivity index (χ0) is 10.8. The number of nitrogens with zero attached hydrogens (tertiary/aromatic N) is 1. The van der Waals surface area contributed by atoms with Crippen molar-refractivity contribution in [3.63, 3.8) is 0 Å². The van der Waals surface area contributed by atoms with Gasteiger partial charge in [-0.1, -0.05) is 28.1 Å². The van der Waals surface area contributed by atoms with Crippen LogP contribution >= 0.6 is 15.9 Å². The van der Waals surface area contributed by atoms with Gasteiger partial charge in [-0.25, -0.2) is 0 Å². The van der Waals surface area contributed by atoms with Crippen molar-refractivity contribution in [3.8, 4) is 0 Å². The number of benzene rings is 1. The van der Waals surface area contributed by atoms with E-state index in [2.05, 4.69) is 15.9 Å². The Labute approximate surface area is 97.4 Å². The molecule has 4 heteroatoms. The Bertz CT molecular complexity index is 363. The van der Waals surface area contributed by atoms with Crippen LogP contribution in [0, 0.1) is 0 Å². The van der Waals surface area contributed by atoms with Crippen molar-refractivity contribution in [3.05, 3.63) is 34.3 Å². The van der Waals surface area contributed by atoms with Crippen LogP contribution in [0.4, 0.5) is 0 Å². The minimum absolute atomic E-state index is 0.00736. The minimum atomic E-state index is 0.00736. The normalized spacial score (nSPS) is 21.1. The fourth-order valence-corrected chi connectivity index (χ4v) is 2.03. The molecule has 1 fully saturated rings. The first kappa shape index (κ1) is 10.6. The van der Waals surface area contributed by atoms with E-state index in [4.69, 9.17) is 5.73 Å². The highest BCUT2D eigenvalue weighted by atomic mass is 79.9. The minimum Gasteiger partial charge on any atom is -0.337 e. The smallest absolute Gasteiger partial charge is 0.224 e. The number of amides is 1. The van der Waals surface area contributed by atoms with Crippen LogP contribution in [-0.4, -0.2) is 23.4 Å². The number of carbonyl (C=O) groups excluding carboxylic acids is 1. The summed E-state index contributed by atoms with van der Waals surface area (Å²) < 4.78 is 1.05. The third kappa shape index (κ3) is 2.58. The molecule has 15 heavy (non-hydrogen) atoms. The fourth-order valence-electron chi connectivity index (χ4n) is 1.77. The highest BCUT2D eigenvalue weighted by molar-refractivity contribution is 9.10. The first-order valence-corrected chi connectivity index (χ1v) is 5.72. The molecule has 0 spiro atoms. The maximum absolute atomic E-state index is 11.5. The maximum atomic E-state index is 11.5. The second kappa shape index (κ2) is 4.33. The van der Waals surface area contributed by atoms with Gasteiger partial charge >= 0.3 is 0 Å². The van der Waals surface area contributed by atoms with Gasteiger partial charge in [-0.05, 0) is 17.7 Å². The molecule has 2 N–H and O–H groups in total. The highest BCUT2D eigenvalue weighted by Crippen LogP contribution is 2.16. The van der Waals surface area contributed by atoms with Crippen molar-refractivity contribution in [2.24, 2.45) is 5.73 Å². The topological polar surface area (TPSA) is 46.3 Å². The van der Waals surface area contributed by atoms with Gasteiger partial charge in [0.1, 0.15) is 0 Å². The molecule has 0 aliphatic carbocycles. The summed E-state index contributed by atoms with van der Waals surface area (Å²) in [4.78, 5) is 13.3. The monoisotopic (exact) mass is 268 g/mol. The number of likely N-dealkylation sites (tertiary alicyclic amines) is 1. The second-order valence-corrected chi connectivity index (χ2v) is 4.78. The third-order valence-corrected chi connectivity index (χ3v) is 3.06. The number of rotatable bonds is 2. The molecule has 1 aliphatic rings. The Balaban J connectivity index is 2.03. The molecule has 1 saturated heterocycles. The molecule has 1 atom stereocenters. The van der Waals surface area contributed by atoms with Gasteiger partial charge < -0.3 is 10.6 Å². The Morgan fingerprint density at radius 3 is 2.60 bits per heavy atom.